The Hall–Kier alpha value is -2.05. The van der Waals surface area contributed by atoms with Gasteiger partial charge < -0.3 is 0 Å². The van der Waals surface area contributed by atoms with E-state index >= 15 is 0 Å². The molecular weight excluding hydrogens is 252 g/mol. The summed E-state index contributed by atoms with van der Waals surface area (Å²) in [6.07, 6.45) is -4.63. The van der Waals surface area contributed by atoms with E-state index in [1.807, 2.05) is 5.10 Å². The van der Waals surface area contributed by atoms with Gasteiger partial charge in [0.05, 0.1) is 5.69 Å². The summed E-state index contributed by atoms with van der Waals surface area (Å²) in [4.78, 5) is 11.7. The van der Waals surface area contributed by atoms with Gasteiger partial charge in [-0.1, -0.05) is 0 Å². The first-order valence-corrected chi connectivity index (χ1v) is 4.95. The summed E-state index contributed by atoms with van der Waals surface area (Å²) >= 11 is 0. The van der Waals surface area contributed by atoms with Gasteiger partial charge in [-0.15, -0.1) is 0 Å². The monoisotopic (exact) mass is 260 g/mol. The number of aromatic amines is 1. The van der Waals surface area contributed by atoms with Crippen molar-refractivity contribution in [2.24, 2.45) is 0 Å². The van der Waals surface area contributed by atoms with Gasteiger partial charge in [-0.3, -0.25) is 9.89 Å². The molecule has 1 aromatic carbocycles. The van der Waals surface area contributed by atoms with Gasteiger partial charge in [0, 0.05) is 5.56 Å². The maximum absolute atomic E-state index is 12.7. The summed E-state index contributed by atoms with van der Waals surface area (Å²) in [6.45, 7) is 1.08. The lowest BCUT2D eigenvalue weighted by molar-refractivity contribution is -0.141. The van der Waals surface area contributed by atoms with Crippen molar-refractivity contribution in [2.45, 2.75) is 13.1 Å². The van der Waals surface area contributed by atoms with Gasteiger partial charge in [-0.25, -0.2) is 9.07 Å². The van der Waals surface area contributed by atoms with Gasteiger partial charge in [0.15, 0.2) is 0 Å². The molecule has 0 aliphatic heterocycles. The van der Waals surface area contributed by atoms with Crippen LogP contribution in [0.1, 0.15) is 11.3 Å². The molecule has 0 radical (unpaired) electrons. The van der Waals surface area contributed by atoms with Gasteiger partial charge >= 0.3 is 6.18 Å². The number of hydrogen-bond donors (Lipinski definition) is 1. The van der Waals surface area contributed by atoms with Crippen LogP contribution in [0.4, 0.5) is 17.6 Å². The molecule has 0 saturated carbocycles. The highest BCUT2D eigenvalue weighted by molar-refractivity contribution is 5.33. The van der Waals surface area contributed by atoms with E-state index in [-0.39, 0.29) is 5.69 Å². The summed E-state index contributed by atoms with van der Waals surface area (Å²) in [5, 5.41) is 1.98. The molecule has 7 heteroatoms. The van der Waals surface area contributed by atoms with E-state index in [0.29, 0.717) is 0 Å². The fourth-order valence-electron chi connectivity index (χ4n) is 1.57. The molecule has 96 valence electrons. The lowest BCUT2D eigenvalue weighted by Crippen LogP contribution is -2.15. The fourth-order valence-corrected chi connectivity index (χ4v) is 1.57. The summed E-state index contributed by atoms with van der Waals surface area (Å²) in [5.41, 5.74) is -2.20. The van der Waals surface area contributed by atoms with Crippen LogP contribution in [0.25, 0.3) is 5.69 Å². The average molecular weight is 260 g/mol. The molecule has 2 rings (SSSR count). The van der Waals surface area contributed by atoms with Gasteiger partial charge in [-0.2, -0.15) is 13.2 Å². The van der Waals surface area contributed by atoms with E-state index < -0.39 is 28.8 Å². The first-order valence-electron chi connectivity index (χ1n) is 4.95. The Labute approximate surface area is 98.6 Å². The van der Waals surface area contributed by atoms with Gasteiger partial charge in [-0.05, 0) is 31.2 Å². The number of hydrogen-bond acceptors (Lipinski definition) is 1. The molecule has 3 nitrogen and oxygen atoms in total. The molecule has 0 spiro atoms. The molecular formula is C11H8F4N2O. The molecule has 1 aromatic heterocycles. The standard InChI is InChI=1S/C11H8F4N2O/c1-6-9(11(13,14)15)16-17(10(6)18)8-4-2-7(12)3-5-8/h2-5,16H,1H3. The molecule has 0 amide bonds. The topological polar surface area (TPSA) is 37.8 Å². The predicted octanol–water partition coefficient (Wildman–Crippen LogP) is 2.63. The number of rotatable bonds is 1. The quantitative estimate of drug-likeness (QED) is 0.786. The van der Waals surface area contributed by atoms with E-state index in [0.717, 1.165) is 23.7 Å². The minimum atomic E-state index is -4.63. The Kier molecular flexibility index (Phi) is 2.76. The van der Waals surface area contributed by atoms with Crippen LogP contribution < -0.4 is 5.56 Å². The second kappa shape index (κ2) is 4.01. The van der Waals surface area contributed by atoms with Crippen molar-refractivity contribution < 1.29 is 17.6 Å². The molecule has 1 N–H and O–H groups in total. The maximum Gasteiger partial charge on any atom is 0.433 e. The third-order valence-electron chi connectivity index (χ3n) is 2.49. The molecule has 18 heavy (non-hydrogen) atoms. The van der Waals surface area contributed by atoms with Crippen LogP contribution in [-0.2, 0) is 6.18 Å². The summed E-state index contributed by atoms with van der Waals surface area (Å²) in [6, 6.07) is 4.55. The number of aromatic nitrogens is 2. The SMILES string of the molecule is Cc1c(C(F)(F)F)[nH]n(-c2ccc(F)cc2)c1=O. The molecule has 0 bridgehead atoms. The van der Waals surface area contributed by atoms with E-state index in [2.05, 4.69) is 0 Å². The van der Waals surface area contributed by atoms with Crippen molar-refractivity contribution in [3.63, 3.8) is 0 Å². The number of alkyl halides is 3. The third-order valence-corrected chi connectivity index (χ3v) is 2.49. The molecule has 0 unspecified atom stereocenters. The molecule has 0 fully saturated rings. The highest BCUT2D eigenvalue weighted by Gasteiger charge is 2.36. The minimum absolute atomic E-state index is 0.139. The van der Waals surface area contributed by atoms with Crippen molar-refractivity contribution in [1.29, 1.82) is 0 Å². The Balaban J connectivity index is 2.60. The first-order chi connectivity index (χ1) is 8.30. The Morgan fingerprint density at radius 3 is 2.17 bits per heavy atom. The second-order valence-electron chi connectivity index (χ2n) is 3.73. The minimum Gasteiger partial charge on any atom is -0.286 e. The van der Waals surface area contributed by atoms with Crippen LogP contribution >= 0.6 is 0 Å². The number of nitrogens with one attached hydrogen (secondary N) is 1. The average Bonchev–Trinajstić information content (AvgIpc) is 2.57. The van der Waals surface area contributed by atoms with Crippen LogP contribution in [0, 0.1) is 12.7 Å². The van der Waals surface area contributed by atoms with Gasteiger partial charge in [0.25, 0.3) is 5.56 Å². The highest BCUT2D eigenvalue weighted by atomic mass is 19.4. The van der Waals surface area contributed by atoms with Crippen molar-refractivity contribution in [1.82, 2.24) is 9.78 Å². The second-order valence-corrected chi connectivity index (χ2v) is 3.73. The lowest BCUT2D eigenvalue weighted by Gasteiger charge is -2.04. The summed E-state index contributed by atoms with van der Waals surface area (Å²) < 4.78 is 51.2. The lowest BCUT2D eigenvalue weighted by atomic mass is 10.2. The summed E-state index contributed by atoms with van der Waals surface area (Å²) in [7, 11) is 0. The van der Waals surface area contributed by atoms with E-state index in [1.54, 1.807) is 0 Å². The van der Waals surface area contributed by atoms with Crippen molar-refractivity contribution in [2.75, 3.05) is 0 Å². The maximum atomic E-state index is 12.7. The van der Waals surface area contributed by atoms with Crippen LogP contribution in [0.15, 0.2) is 29.1 Å². The van der Waals surface area contributed by atoms with Crippen molar-refractivity contribution >= 4 is 0 Å². The third kappa shape index (κ3) is 2.03. The van der Waals surface area contributed by atoms with Crippen molar-refractivity contribution in [3.8, 4) is 5.69 Å². The van der Waals surface area contributed by atoms with Crippen LogP contribution in [0.2, 0.25) is 0 Å². The van der Waals surface area contributed by atoms with Crippen molar-refractivity contribution in [3.05, 3.63) is 51.7 Å². The van der Waals surface area contributed by atoms with E-state index in [1.165, 1.54) is 12.1 Å². The normalized spacial score (nSPS) is 11.8. The van der Waals surface area contributed by atoms with Gasteiger partial charge in [0.2, 0.25) is 0 Å². The van der Waals surface area contributed by atoms with Gasteiger partial charge in [0.1, 0.15) is 11.5 Å². The molecule has 0 aliphatic carbocycles. The molecule has 1 heterocycles. The zero-order chi connectivity index (χ0) is 13.5. The zero-order valence-electron chi connectivity index (χ0n) is 9.18. The number of halogens is 4. The number of nitrogens with zero attached hydrogens (tertiary/aromatic N) is 1. The predicted molar refractivity (Wildman–Crippen MR) is 56.1 cm³/mol. The Bertz CT molecular complexity index is 622. The molecule has 0 saturated heterocycles. The van der Waals surface area contributed by atoms with Crippen LogP contribution in [-0.4, -0.2) is 9.78 Å². The Morgan fingerprint density at radius 2 is 1.72 bits per heavy atom. The highest BCUT2D eigenvalue weighted by Crippen LogP contribution is 2.29. The van der Waals surface area contributed by atoms with Crippen LogP contribution in [0.5, 0.6) is 0 Å². The molecule has 0 aliphatic rings. The summed E-state index contributed by atoms with van der Waals surface area (Å²) in [5.74, 6) is -0.536. The molecule has 0 atom stereocenters. The van der Waals surface area contributed by atoms with Crippen LogP contribution in [0.3, 0.4) is 0 Å². The first kappa shape index (κ1) is 12.4. The number of H-pyrrole nitrogens is 1. The van der Waals surface area contributed by atoms with E-state index in [9.17, 15) is 22.4 Å². The van der Waals surface area contributed by atoms with E-state index in [4.69, 9.17) is 0 Å². The smallest absolute Gasteiger partial charge is 0.286 e. The molecule has 2 aromatic rings. The Morgan fingerprint density at radius 1 is 1.17 bits per heavy atom. The largest absolute Gasteiger partial charge is 0.433 e. The number of benzene rings is 1. The fraction of sp³-hybridized carbons (Fsp3) is 0.182. The zero-order valence-corrected chi connectivity index (χ0v) is 9.18.